The van der Waals surface area contributed by atoms with E-state index in [1.165, 1.54) is 0 Å². The number of carbonyl (C=O) groups excluding carboxylic acids is 2. The van der Waals surface area contributed by atoms with Crippen LogP contribution in [-0.4, -0.2) is 49.1 Å². The smallest absolute Gasteiger partial charge is 0.328 e. The highest BCUT2D eigenvalue weighted by Gasteiger charge is 2.33. The Kier molecular flexibility index (Phi) is 5.83. The molecular weight excluding hydrogens is 256 g/mol. The normalized spacial score (nSPS) is 24.4. The molecule has 0 aromatic carbocycles. The SMILES string of the molecule is CCOC(=O)C1CCCCN1C(=O)CC1CCNCC1. The number of nitrogens with zero attached hydrogens (tertiary/aromatic N) is 1. The first-order valence-corrected chi connectivity index (χ1v) is 7.89. The Morgan fingerprint density at radius 1 is 1.20 bits per heavy atom. The molecule has 0 aliphatic carbocycles. The van der Waals surface area contributed by atoms with Gasteiger partial charge in [-0.3, -0.25) is 4.79 Å². The van der Waals surface area contributed by atoms with E-state index in [4.69, 9.17) is 4.74 Å². The summed E-state index contributed by atoms with van der Waals surface area (Å²) < 4.78 is 5.11. The van der Waals surface area contributed by atoms with Gasteiger partial charge in [0, 0.05) is 13.0 Å². The van der Waals surface area contributed by atoms with Crippen molar-refractivity contribution in [3.05, 3.63) is 0 Å². The van der Waals surface area contributed by atoms with Crippen LogP contribution in [0.15, 0.2) is 0 Å². The van der Waals surface area contributed by atoms with Crippen molar-refractivity contribution in [2.45, 2.75) is 51.5 Å². The third kappa shape index (κ3) is 3.95. The first-order chi connectivity index (χ1) is 9.72. The highest BCUT2D eigenvalue weighted by Crippen LogP contribution is 2.23. The molecule has 0 spiro atoms. The van der Waals surface area contributed by atoms with E-state index < -0.39 is 0 Å². The third-order valence-electron chi connectivity index (χ3n) is 4.30. The molecule has 2 saturated heterocycles. The molecule has 2 rings (SSSR count). The molecule has 1 unspecified atom stereocenters. The van der Waals surface area contributed by atoms with E-state index in [1.807, 2.05) is 6.92 Å². The van der Waals surface area contributed by atoms with Gasteiger partial charge in [-0.1, -0.05) is 0 Å². The van der Waals surface area contributed by atoms with Gasteiger partial charge in [0.1, 0.15) is 6.04 Å². The van der Waals surface area contributed by atoms with Gasteiger partial charge in [0.05, 0.1) is 6.61 Å². The standard InChI is InChI=1S/C15H26N2O3/c1-2-20-15(19)13-5-3-4-10-17(13)14(18)11-12-6-8-16-9-7-12/h12-13,16H,2-11H2,1H3. The van der Waals surface area contributed by atoms with Crippen LogP contribution in [0.5, 0.6) is 0 Å². The minimum absolute atomic E-state index is 0.134. The summed E-state index contributed by atoms with van der Waals surface area (Å²) in [5.74, 6) is 0.369. The molecule has 2 aliphatic heterocycles. The van der Waals surface area contributed by atoms with Gasteiger partial charge in [-0.25, -0.2) is 4.79 Å². The molecule has 0 aromatic heterocycles. The van der Waals surface area contributed by atoms with Crippen molar-refractivity contribution in [3.8, 4) is 0 Å². The predicted molar refractivity (Wildman–Crippen MR) is 76.2 cm³/mol. The second-order valence-electron chi connectivity index (χ2n) is 5.75. The number of hydrogen-bond acceptors (Lipinski definition) is 4. The Labute approximate surface area is 121 Å². The maximum atomic E-state index is 12.5. The Bertz CT molecular complexity index is 340. The number of likely N-dealkylation sites (tertiary alicyclic amines) is 1. The second kappa shape index (κ2) is 7.62. The highest BCUT2D eigenvalue weighted by molar-refractivity contribution is 5.84. The lowest BCUT2D eigenvalue weighted by molar-refractivity contribution is -0.157. The van der Waals surface area contributed by atoms with Gasteiger partial charge in [-0.2, -0.15) is 0 Å². The summed E-state index contributed by atoms with van der Waals surface area (Å²) in [7, 11) is 0. The molecule has 0 bridgehead atoms. The van der Waals surface area contributed by atoms with E-state index in [2.05, 4.69) is 5.32 Å². The lowest BCUT2D eigenvalue weighted by atomic mass is 9.93. The van der Waals surface area contributed by atoms with Crippen LogP contribution in [0.1, 0.15) is 45.4 Å². The molecule has 20 heavy (non-hydrogen) atoms. The van der Waals surface area contributed by atoms with Crippen molar-refractivity contribution in [2.75, 3.05) is 26.2 Å². The summed E-state index contributed by atoms with van der Waals surface area (Å²) in [5, 5.41) is 3.31. The van der Waals surface area contributed by atoms with Gasteiger partial charge < -0.3 is 15.0 Å². The number of piperidine rings is 2. The fourth-order valence-electron chi connectivity index (χ4n) is 3.16. The molecule has 5 heteroatoms. The number of amides is 1. The molecule has 1 amide bonds. The van der Waals surface area contributed by atoms with Crippen molar-refractivity contribution >= 4 is 11.9 Å². The van der Waals surface area contributed by atoms with Crippen LogP contribution in [0.4, 0.5) is 0 Å². The lowest BCUT2D eigenvalue weighted by Crippen LogP contribution is -2.49. The summed E-state index contributed by atoms with van der Waals surface area (Å²) in [5.41, 5.74) is 0. The number of carbonyl (C=O) groups is 2. The van der Waals surface area contributed by atoms with Crippen molar-refractivity contribution in [3.63, 3.8) is 0 Å². The molecule has 2 fully saturated rings. The molecule has 1 atom stereocenters. The number of esters is 1. The zero-order valence-electron chi connectivity index (χ0n) is 12.4. The largest absolute Gasteiger partial charge is 0.464 e. The molecule has 2 heterocycles. The first-order valence-electron chi connectivity index (χ1n) is 7.89. The van der Waals surface area contributed by atoms with Gasteiger partial charge in [0.15, 0.2) is 0 Å². The highest BCUT2D eigenvalue weighted by atomic mass is 16.5. The van der Waals surface area contributed by atoms with E-state index in [-0.39, 0.29) is 17.9 Å². The predicted octanol–water partition coefficient (Wildman–Crippen LogP) is 1.32. The van der Waals surface area contributed by atoms with Gasteiger partial charge >= 0.3 is 5.97 Å². The summed E-state index contributed by atoms with van der Waals surface area (Å²) in [6, 6.07) is -0.349. The van der Waals surface area contributed by atoms with Crippen LogP contribution in [0.25, 0.3) is 0 Å². The Hall–Kier alpha value is -1.10. The summed E-state index contributed by atoms with van der Waals surface area (Å²) in [6.45, 7) is 4.89. The van der Waals surface area contributed by atoms with E-state index in [0.29, 0.717) is 25.5 Å². The quantitative estimate of drug-likeness (QED) is 0.790. The molecule has 114 valence electrons. The van der Waals surface area contributed by atoms with Crippen LogP contribution in [0.2, 0.25) is 0 Å². The first kappa shape index (κ1) is 15.3. The number of hydrogen-bond donors (Lipinski definition) is 1. The Morgan fingerprint density at radius 3 is 2.65 bits per heavy atom. The molecule has 0 saturated carbocycles. The molecule has 0 aromatic rings. The molecule has 2 aliphatic rings. The zero-order chi connectivity index (χ0) is 14.4. The van der Waals surface area contributed by atoms with Crippen molar-refractivity contribution in [1.29, 1.82) is 0 Å². The summed E-state index contributed by atoms with van der Waals surface area (Å²) >= 11 is 0. The van der Waals surface area contributed by atoms with Crippen molar-refractivity contribution < 1.29 is 14.3 Å². The van der Waals surface area contributed by atoms with Crippen LogP contribution in [-0.2, 0) is 14.3 Å². The van der Waals surface area contributed by atoms with Gasteiger partial charge in [-0.05, 0) is 58.0 Å². The average molecular weight is 282 g/mol. The fourth-order valence-corrected chi connectivity index (χ4v) is 3.16. The molecular formula is C15H26N2O3. The summed E-state index contributed by atoms with van der Waals surface area (Å²) in [4.78, 5) is 26.2. The van der Waals surface area contributed by atoms with Gasteiger partial charge in [-0.15, -0.1) is 0 Å². The maximum absolute atomic E-state index is 12.5. The zero-order valence-corrected chi connectivity index (χ0v) is 12.4. The average Bonchev–Trinajstić information content (AvgIpc) is 2.48. The molecule has 5 nitrogen and oxygen atoms in total. The van der Waals surface area contributed by atoms with Crippen molar-refractivity contribution in [1.82, 2.24) is 10.2 Å². The Morgan fingerprint density at radius 2 is 1.95 bits per heavy atom. The second-order valence-corrected chi connectivity index (χ2v) is 5.75. The fraction of sp³-hybridized carbons (Fsp3) is 0.867. The molecule has 0 radical (unpaired) electrons. The van der Waals surface area contributed by atoms with E-state index in [9.17, 15) is 9.59 Å². The van der Waals surface area contributed by atoms with Crippen LogP contribution in [0.3, 0.4) is 0 Å². The van der Waals surface area contributed by atoms with Gasteiger partial charge in [0.2, 0.25) is 5.91 Å². The number of ether oxygens (including phenoxy) is 1. The number of rotatable bonds is 4. The minimum Gasteiger partial charge on any atom is -0.464 e. The third-order valence-corrected chi connectivity index (χ3v) is 4.30. The van der Waals surface area contributed by atoms with E-state index in [0.717, 1.165) is 45.2 Å². The van der Waals surface area contributed by atoms with Crippen LogP contribution in [0, 0.1) is 5.92 Å². The Balaban J connectivity index is 1.92. The lowest BCUT2D eigenvalue weighted by Gasteiger charge is -2.35. The van der Waals surface area contributed by atoms with Crippen LogP contribution >= 0.6 is 0 Å². The number of nitrogens with one attached hydrogen (secondary N) is 1. The van der Waals surface area contributed by atoms with Crippen LogP contribution < -0.4 is 5.32 Å². The summed E-state index contributed by atoms with van der Waals surface area (Å²) in [6.07, 6.45) is 5.44. The van der Waals surface area contributed by atoms with E-state index >= 15 is 0 Å². The van der Waals surface area contributed by atoms with E-state index in [1.54, 1.807) is 4.90 Å². The minimum atomic E-state index is -0.349. The topological polar surface area (TPSA) is 58.6 Å². The molecule has 1 N–H and O–H groups in total. The monoisotopic (exact) mass is 282 g/mol. The van der Waals surface area contributed by atoms with Gasteiger partial charge in [0.25, 0.3) is 0 Å². The maximum Gasteiger partial charge on any atom is 0.328 e. The van der Waals surface area contributed by atoms with Crippen molar-refractivity contribution in [2.24, 2.45) is 5.92 Å².